The highest BCUT2D eigenvalue weighted by Gasteiger charge is 2.38. The normalized spacial score (nSPS) is 11.2. The summed E-state index contributed by atoms with van der Waals surface area (Å²) in [4.78, 5) is 24.8. The zero-order valence-electron chi connectivity index (χ0n) is 10.1. The molecule has 0 bridgehead atoms. The minimum Gasteiger partial charge on any atom is -0.361 e. The predicted octanol–water partition coefficient (Wildman–Crippen LogP) is 1.18. The van der Waals surface area contributed by atoms with Gasteiger partial charge in [-0.1, -0.05) is 5.16 Å². The number of aromatic nitrogens is 2. The second-order valence-corrected chi connectivity index (χ2v) is 3.82. The Kier molecular flexibility index (Phi) is 3.61. The van der Waals surface area contributed by atoms with E-state index in [2.05, 4.69) is 20.0 Å². The van der Waals surface area contributed by atoms with Gasteiger partial charge in [-0.3, -0.25) is 9.59 Å². The Morgan fingerprint density at radius 2 is 1.81 bits per heavy atom. The van der Waals surface area contributed by atoms with E-state index in [4.69, 9.17) is 5.73 Å². The predicted molar refractivity (Wildman–Crippen MR) is 62.6 cm³/mol. The molecule has 2 amide bonds. The van der Waals surface area contributed by atoms with Crippen molar-refractivity contribution in [3.8, 4) is 11.4 Å². The highest BCUT2D eigenvalue weighted by atomic mass is 19.4. The summed E-state index contributed by atoms with van der Waals surface area (Å²) in [5.41, 5.74) is 5.24. The molecule has 10 heteroatoms. The van der Waals surface area contributed by atoms with E-state index >= 15 is 0 Å². The molecule has 0 aliphatic heterocycles. The van der Waals surface area contributed by atoms with Gasteiger partial charge in [0.1, 0.15) is 0 Å². The van der Waals surface area contributed by atoms with Gasteiger partial charge in [0, 0.05) is 11.3 Å². The summed E-state index contributed by atoms with van der Waals surface area (Å²) in [7, 11) is 0. The fourth-order valence-electron chi connectivity index (χ4n) is 1.35. The molecule has 0 saturated carbocycles. The van der Waals surface area contributed by atoms with Crippen molar-refractivity contribution in [3.05, 3.63) is 30.2 Å². The Hall–Kier alpha value is -2.91. The molecule has 1 heterocycles. The van der Waals surface area contributed by atoms with Crippen LogP contribution in [0.25, 0.3) is 11.4 Å². The van der Waals surface area contributed by atoms with Gasteiger partial charge in [0.05, 0.1) is 0 Å². The van der Waals surface area contributed by atoms with Gasteiger partial charge in [0.25, 0.3) is 0 Å². The number of nitrogens with zero attached hydrogens (tertiary/aromatic N) is 2. The smallest absolute Gasteiger partial charge is 0.361 e. The van der Waals surface area contributed by atoms with E-state index in [-0.39, 0.29) is 17.1 Å². The van der Waals surface area contributed by atoms with Crippen molar-refractivity contribution in [2.45, 2.75) is 6.18 Å². The Morgan fingerprint density at radius 1 is 1.19 bits per heavy atom. The molecule has 2 rings (SSSR count). The van der Waals surface area contributed by atoms with Crippen LogP contribution in [-0.4, -0.2) is 22.0 Å². The number of anilines is 1. The summed E-state index contributed by atoms with van der Waals surface area (Å²) in [6.07, 6.45) is -4.72. The number of nitrogens with two attached hydrogens (primary N) is 1. The maximum atomic E-state index is 12.3. The van der Waals surface area contributed by atoms with Crippen LogP contribution in [-0.2, 0) is 15.8 Å². The Balaban J connectivity index is 2.17. The molecule has 0 fully saturated rings. The van der Waals surface area contributed by atoms with E-state index in [1.165, 1.54) is 24.3 Å². The largest absolute Gasteiger partial charge is 0.471 e. The molecule has 0 radical (unpaired) electrons. The number of rotatable bonds is 2. The lowest BCUT2D eigenvalue weighted by Crippen LogP contribution is -2.29. The first kappa shape index (κ1) is 14.5. The molecular formula is C11H7F3N4O3. The topological polar surface area (TPSA) is 111 Å². The monoisotopic (exact) mass is 300 g/mol. The van der Waals surface area contributed by atoms with Crippen molar-refractivity contribution in [2.24, 2.45) is 5.73 Å². The number of hydrogen-bond acceptors (Lipinski definition) is 5. The molecular weight excluding hydrogens is 293 g/mol. The minimum atomic E-state index is -4.72. The summed E-state index contributed by atoms with van der Waals surface area (Å²) >= 11 is 0. The Bertz CT molecular complexity index is 679. The average molecular weight is 300 g/mol. The quantitative estimate of drug-likeness (QED) is 0.809. The number of amides is 2. The zero-order chi connectivity index (χ0) is 15.6. The van der Waals surface area contributed by atoms with Gasteiger partial charge in [-0.25, -0.2) is 0 Å². The molecule has 1 aromatic carbocycles. The van der Waals surface area contributed by atoms with Crippen molar-refractivity contribution < 1.29 is 27.3 Å². The average Bonchev–Trinajstić information content (AvgIpc) is 2.89. The van der Waals surface area contributed by atoms with Gasteiger partial charge in [0.2, 0.25) is 5.82 Å². The lowest BCUT2D eigenvalue weighted by atomic mass is 10.2. The van der Waals surface area contributed by atoms with Crippen molar-refractivity contribution in [1.29, 1.82) is 0 Å². The summed E-state index contributed by atoms with van der Waals surface area (Å²) < 4.78 is 41.0. The Labute approximate surface area is 114 Å². The third kappa shape index (κ3) is 3.35. The van der Waals surface area contributed by atoms with E-state index in [1.54, 1.807) is 0 Å². The standard InChI is InChI=1S/C11H7F3N4O3/c12-11(13,14)10-17-8(18-21-10)5-1-3-6(4-2-5)16-9(20)7(15)19/h1-4H,(H2,15,19)(H,16,20). The van der Waals surface area contributed by atoms with Crippen LogP contribution >= 0.6 is 0 Å². The van der Waals surface area contributed by atoms with Crippen LogP contribution in [0.5, 0.6) is 0 Å². The Morgan fingerprint density at radius 3 is 2.29 bits per heavy atom. The number of carbonyl (C=O) groups excluding carboxylic acids is 2. The lowest BCUT2D eigenvalue weighted by molar-refractivity contribution is -0.159. The van der Waals surface area contributed by atoms with Crippen molar-refractivity contribution in [1.82, 2.24) is 10.1 Å². The molecule has 0 spiro atoms. The molecule has 21 heavy (non-hydrogen) atoms. The molecule has 0 aliphatic carbocycles. The number of nitrogens with one attached hydrogen (secondary N) is 1. The molecule has 0 aliphatic rings. The van der Waals surface area contributed by atoms with Crippen LogP contribution in [0.3, 0.4) is 0 Å². The number of hydrogen-bond donors (Lipinski definition) is 2. The summed E-state index contributed by atoms with van der Waals surface area (Å²) in [6.45, 7) is 0. The van der Waals surface area contributed by atoms with Gasteiger partial charge >= 0.3 is 23.9 Å². The van der Waals surface area contributed by atoms with Crippen LogP contribution in [0, 0.1) is 0 Å². The van der Waals surface area contributed by atoms with Gasteiger partial charge in [-0.2, -0.15) is 18.2 Å². The van der Waals surface area contributed by atoms with Crippen molar-refractivity contribution in [2.75, 3.05) is 5.32 Å². The van der Waals surface area contributed by atoms with Gasteiger partial charge < -0.3 is 15.6 Å². The van der Waals surface area contributed by atoms with Crippen molar-refractivity contribution >= 4 is 17.5 Å². The summed E-state index contributed by atoms with van der Waals surface area (Å²) in [5.74, 6) is -3.88. The van der Waals surface area contributed by atoms with E-state index in [0.717, 1.165) is 0 Å². The SMILES string of the molecule is NC(=O)C(=O)Nc1ccc(-c2noc(C(F)(F)F)n2)cc1. The number of primary amides is 1. The van der Waals surface area contributed by atoms with Gasteiger partial charge in [0.15, 0.2) is 0 Å². The fourth-order valence-corrected chi connectivity index (χ4v) is 1.35. The first-order valence-corrected chi connectivity index (χ1v) is 5.39. The molecule has 1 aromatic heterocycles. The van der Waals surface area contributed by atoms with Gasteiger partial charge in [-0.15, -0.1) is 0 Å². The maximum absolute atomic E-state index is 12.3. The van der Waals surface area contributed by atoms with E-state index in [1.807, 2.05) is 0 Å². The molecule has 0 atom stereocenters. The van der Waals surface area contributed by atoms with E-state index < -0.39 is 23.9 Å². The number of halogens is 3. The number of benzene rings is 1. The molecule has 0 unspecified atom stereocenters. The van der Waals surface area contributed by atoms with Crippen LogP contribution in [0.4, 0.5) is 18.9 Å². The maximum Gasteiger partial charge on any atom is 0.471 e. The van der Waals surface area contributed by atoms with Crippen LogP contribution < -0.4 is 11.1 Å². The second kappa shape index (κ2) is 5.23. The third-order valence-corrected chi connectivity index (χ3v) is 2.29. The molecule has 2 aromatic rings. The fraction of sp³-hybridized carbons (Fsp3) is 0.0909. The first-order chi connectivity index (χ1) is 9.77. The van der Waals surface area contributed by atoms with E-state index in [0.29, 0.717) is 0 Å². The molecule has 3 N–H and O–H groups in total. The lowest BCUT2D eigenvalue weighted by Gasteiger charge is -2.02. The zero-order valence-corrected chi connectivity index (χ0v) is 10.1. The molecule has 0 saturated heterocycles. The van der Waals surface area contributed by atoms with Crippen molar-refractivity contribution in [3.63, 3.8) is 0 Å². The second-order valence-electron chi connectivity index (χ2n) is 3.82. The number of alkyl halides is 3. The number of carbonyl (C=O) groups is 2. The summed E-state index contributed by atoms with van der Waals surface area (Å²) in [6, 6.07) is 5.39. The minimum absolute atomic E-state index is 0.238. The van der Waals surface area contributed by atoms with Crippen LogP contribution in [0.15, 0.2) is 28.8 Å². The highest BCUT2D eigenvalue weighted by Crippen LogP contribution is 2.29. The summed E-state index contributed by atoms with van der Waals surface area (Å²) in [5, 5.41) is 5.40. The first-order valence-electron chi connectivity index (χ1n) is 5.39. The van der Waals surface area contributed by atoms with E-state index in [9.17, 15) is 22.8 Å². The van der Waals surface area contributed by atoms with Gasteiger partial charge in [-0.05, 0) is 24.3 Å². The third-order valence-electron chi connectivity index (χ3n) is 2.29. The van der Waals surface area contributed by atoms with Crippen LogP contribution in [0.1, 0.15) is 5.89 Å². The van der Waals surface area contributed by atoms with Crippen LogP contribution in [0.2, 0.25) is 0 Å². The molecule has 110 valence electrons. The highest BCUT2D eigenvalue weighted by molar-refractivity contribution is 6.39. The molecule has 7 nitrogen and oxygen atoms in total.